The molecule has 7 heteroatoms. The summed E-state index contributed by atoms with van der Waals surface area (Å²) in [6.45, 7) is 10.7. The van der Waals surface area contributed by atoms with E-state index < -0.39 is 0 Å². The van der Waals surface area contributed by atoms with Crippen molar-refractivity contribution < 1.29 is 9.53 Å². The van der Waals surface area contributed by atoms with Crippen LogP contribution in [0.1, 0.15) is 46.5 Å². The van der Waals surface area contributed by atoms with E-state index in [1.165, 1.54) is 0 Å². The van der Waals surface area contributed by atoms with Gasteiger partial charge >= 0.3 is 0 Å². The summed E-state index contributed by atoms with van der Waals surface area (Å²) < 4.78 is 6.20. The third-order valence-corrected chi connectivity index (χ3v) is 6.00. The fraction of sp³-hybridized carbons (Fsp3) is 0.591. The number of hydrazine groups is 2. The standard InChI is InChI=1S/C22H33N5O2/c1-22(2,3)26-14-10-19(11-15-26)29-18-8-6-17(7-9-18)27-16-20(23-24-27)21(28)25-12-4-5-13-25/h6-9,16,19,23-24H,4-5,10-15H2,1-3H3. The number of anilines is 1. The first-order chi connectivity index (χ1) is 13.9. The molecule has 4 rings (SSSR count). The molecule has 0 spiro atoms. The first kappa shape index (κ1) is 20.0. The molecule has 3 aliphatic heterocycles. The molecule has 2 saturated heterocycles. The van der Waals surface area contributed by atoms with Crippen LogP contribution in [0.3, 0.4) is 0 Å². The SMILES string of the molecule is CC(C)(C)N1CCC(Oc2ccc(N3C=C(C(=O)N4CCCC4)NN3)cc2)CC1. The van der Waals surface area contributed by atoms with Crippen LogP contribution in [0, 0.1) is 0 Å². The van der Waals surface area contributed by atoms with Crippen molar-refractivity contribution in [3.05, 3.63) is 36.2 Å². The smallest absolute Gasteiger partial charge is 0.272 e. The Kier molecular flexibility index (Phi) is 5.69. The predicted molar refractivity (Wildman–Crippen MR) is 114 cm³/mol. The maximum absolute atomic E-state index is 12.5. The normalized spacial score (nSPS) is 21.3. The van der Waals surface area contributed by atoms with Gasteiger partial charge in [0.05, 0.1) is 11.9 Å². The molecule has 0 aliphatic carbocycles. The maximum atomic E-state index is 12.5. The van der Waals surface area contributed by atoms with Gasteiger partial charge in [0, 0.05) is 31.7 Å². The second kappa shape index (κ2) is 8.24. The highest BCUT2D eigenvalue weighted by atomic mass is 16.5. The molecule has 29 heavy (non-hydrogen) atoms. The highest BCUT2D eigenvalue weighted by Gasteiger charge is 2.28. The Bertz CT molecular complexity index is 741. The van der Waals surface area contributed by atoms with E-state index in [4.69, 9.17) is 4.74 Å². The number of likely N-dealkylation sites (tertiary alicyclic amines) is 2. The van der Waals surface area contributed by atoms with E-state index in [2.05, 4.69) is 36.6 Å². The van der Waals surface area contributed by atoms with Gasteiger partial charge in [-0.3, -0.25) is 20.1 Å². The summed E-state index contributed by atoms with van der Waals surface area (Å²) in [6, 6.07) is 8.02. The van der Waals surface area contributed by atoms with Crippen molar-refractivity contribution in [2.24, 2.45) is 0 Å². The Hall–Kier alpha value is -2.25. The third kappa shape index (κ3) is 4.67. The number of nitrogens with zero attached hydrogens (tertiary/aromatic N) is 3. The van der Waals surface area contributed by atoms with Crippen molar-refractivity contribution in [2.45, 2.75) is 58.1 Å². The lowest BCUT2D eigenvalue weighted by Gasteiger charge is -2.40. The lowest BCUT2D eigenvalue weighted by molar-refractivity contribution is -0.126. The zero-order chi connectivity index (χ0) is 20.4. The molecular weight excluding hydrogens is 366 g/mol. The van der Waals surface area contributed by atoms with E-state index in [1.54, 1.807) is 0 Å². The molecule has 0 radical (unpaired) electrons. The van der Waals surface area contributed by atoms with Gasteiger partial charge in [0.1, 0.15) is 17.6 Å². The largest absolute Gasteiger partial charge is 0.490 e. The summed E-state index contributed by atoms with van der Waals surface area (Å²) in [4.78, 5) is 16.9. The van der Waals surface area contributed by atoms with Crippen LogP contribution in [0.2, 0.25) is 0 Å². The van der Waals surface area contributed by atoms with E-state index in [0.717, 1.165) is 63.3 Å². The van der Waals surface area contributed by atoms with Crippen LogP contribution in [0.5, 0.6) is 5.75 Å². The van der Waals surface area contributed by atoms with E-state index in [0.29, 0.717) is 5.70 Å². The van der Waals surface area contributed by atoms with Gasteiger partial charge in [0.15, 0.2) is 0 Å². The van der Waals surface area contributed by atoms with Gasteiger partial charge in [-0.05, 0) is 70.7 Å². The summed E-state index contributed by atoms with van der Waals surface area (Å²) in [5.74, 6) is 0.950. The molecule has 3 aliphatic rings. The molecule has 1 aromatic carbocycles. The summed E-state index contributed by atoms with van der Waals surface area (Å²) in [7, 11) is 0. The van der Waals surface area contributed by atoms with Crippen LogP contribution in [-0.4, -0.2) is 53.5 Å². The minimum atomic E-state index is 0.0547. The molecule has 0 bridgehead atoms. The van der Waals surface area contributed by atoms with Crippen LogP contribution in [0.25, 0.3) is 0 Å². The number of hydrogen-bond acceptors (Lipinski definition) is 6. The van der Waals surface area contributed by atoms with Crippen LogP contribution in [-0.2, 0) is 4.79 Å². The molecule has 3 heterocycles. The maximum Gasteiger partial charge on any atom is 0.272 e. The van der Waals surface area contributed by atoms with Crippen molar-refractivity contribution in [2.75, 3.05) is 31.2 Å². The van der Waals surface area contributed by atoms with Gasteiger partial charge in [-0.25, -0.2) is 0 Å². The minimum Gasteiger partial charge on any atom is -0.490 e. The van der Waals surface area contributed by atoms with E-state index in [-0.39, 0.29) is 17.6 Å². The van der Waals surface area contributed by atoms with Crippen LogP contribution < -0.4 is 20.7 Å². The average Bonchev–Trinajstić information content (AvgIpc) is 3.40. The number of ether oxygens (including phenoxy) is 1. The molecule has 0 saturated carbocycles. The second-order valence-corrected chi connectivity index (χ2v) is 9.12. The summed E-state index contributed by atoms with van der Waals surface area (Å²) in [5.41, 5.74) is 7.80. The number of hydrogen-bond donors (Lipinski definition) is 2. The van der Waals surface area contributed by atoms with Gasteiger partial charge in [-0.2, -0.15) is 0 Å². The van der Waals surface area contributed by atoms with Crippen LogP contribution in [0.15, 0.2) is 36.2 Å². The lowest BCUT2D eigenvalue weighted by Crippen LogP contribution is -2.48. The Morgan fingerprint density at radius 1 is 1.03 bits per heavy atom. The van der Waals surface area contributed by atoms with Gasteiger partial charge in [-0.1, -0.05) is 0 Å². The van der Waals surface area contributed by atoms with Crippen molar-refractivity contribution in [3.8, 4) is 5.75 Å². The van der Waals surface area contributed by atoms with Crippen molar-refractivity contribution >= 4 is 11.6 Å². The minimum absolute atomic E-state index is 0.0547. The Balaban J connectivity index is 1.31. The average molecular weight is 400 g/mol. The first-order valence-electron chi connectivity index (χ1n) is 10.7. The number of benzene rings is 1. The van der Waals surface area contributed by atoms with Crippen molar-refractivity contribution in [1.29, 1.82) is 0 Å². The number of nitrogens with one attached hydrogen (secondary N) is 2. The van der Waals surface area contributed by atoms with Crippen LogP contribution >= 0.6 is 0 Å². The van der Waals surface area contributed by atoms with Gasteiger partial charge in [-0.15, -0.1) is 5.53 Å². The van der Waals surface area contributed by atoms with E-state index >= 15 is 0 Å². The van der Waals surface area contributed by atoms with E-state index in [1.807, 2.05) is 40.4 Å². The molecule has 158 valence electrons. The highest BCUT2D eigenvalue weighted by molar-refractivity contribution is 5.93. The van der Waals surface area contributed by atoms with Gasteiger partial charge in [0.2, 0.25) is 0 Å². The van der Waals surface area contributed by atoms with Crippen molar-refractivity contribution in [3.63, 3.8) is 0 Å². The Morgan fingerprint density at radius 2 is 1.69 bits per heavy atom. The molecule has 7 nitrogen and oxygen atoms in total. The fourth-order valence-electron chi connectivity index (χ4n) is 4.17. The number of carbonyl (C=O) groups excluding carboxylic acids is 1. The molecule has 0 unspecified atom stereocenters. The lowest BCUT2D eigenvalue weighted by atomic mass is 9.99. The van der Waals surface area contributed by atoms with Gasteiger partial charge in [0.25, 0.3) is 5.91 Å². The number of amides is 1. The summed E-state index contributed by atoms with van der Waals surface area (Å²) >= 11 is 0. The molecule has 1 amide bonds. The van der Waals surface area contributed by atoms with Crippen molar-refractivity contribution in [1.82, 2.24) is 20.8 Å². The van der Waals surface area contributed by atoms with E-state index in [9.17, 15) is 4.79 Å². The molecule has 1 aromatic rings. The zero-order valence-corrected chi connectivity index (χ0v) is 17.8. The third-order valence-electron chi connectivity index (χ3n) is 6.00. The molecule has 0 atom stereocenters. The monoisotopic (exact) mass is 399 g/mol. The topological polar surface area (TPSA) is 60.1 Å². The predicted octanol–water partition coefficient (Wildman–Crippen LogP) is 2.62. The number of carbonyl (C=O) groups is 1. The molecule has 0 aromatic heterocycles. The zero-order valence-electron chi connectivity index (χ0n) is 17.8. The second-order valence-electron chi connectivity index (χ2n) is 9.12. The fourth-order valence-corrected chi connectivity index (χ4v) is 4.17. The molecule has 2 N–H and O–H groups in total. The summed E-state index contributed by atoms with van der Waals surface area (Å²) in [6.07, 6.45) is 6.39. The van der Waals surface area contributed by atoms with Gasteiger partial charge < -0.3 is 9.64 Å². The molecular formula is C22H33N5O2. The summed E-state index contributed by atoms with van der Waals surface area (Å²) in [5, 5.41) is 1.83. The number of piperidine rings is 1. The quantitative estimate of drug-likeness (QED) is 0.812. The number of rotatable bonds is 4. The highest BCUT2D eigenvalue weighted by Crippen LogP contribution is 2.26. The van der Waals surface area contributed by atoms with Crippen LogP contribution in [0.4, 0.5) is 5.69 Å². The first-order valence-corrected chi connectivity index (χ1v) is 10.7. The molecule has 2 fully saturated rings. The Morgan fingerprint density at radius 3 is 2.31 bits per heavy atom. The Labute approximate surface area is 173 Å².